The molecule has 0 spiro atoms. The van der Waals surface area contributed by atoms with E-state index in [1.165, 1.54) is 24.3 Å². The summed E-state index contributed by atoms with van der Waals surface area (Å²) in [5.41, 5.74) is 4.10. The Labute approximate surface area is 236 Å². The van der Waals surface area contributed by atoms with Crippen LogP contribution in [0.15, 0.2) is 67.0 Å². The number of nitrogens with zero attached hydrogens (tertiary/aromatic N) is 1. The van der Waals surface area contributed by atoms with Crippen molar-refractivity contribution >= 4 is 16.9 Å². The molecular formula is C33H31F2N3O3. The van der Waals surface area contributed by atoms with Crippen LogP contribution in [-0.4, -0.2) is 26.0 Å². The second-order valence-corrected chi connectivity index (χ2v) is 10.9. The van der Waals surface area contributed by atoms with Crippen molar-refractivity contribution in [2.24, 2.45) is 0 Å². The van der Waals surface area contributed by atoms with Crippen LogP contribution in [0, 0.1) is 18.6 Å². The lowest BCUT2D eigenvalue weighted by molar-refractivity contribution is -0.136. The van der Waals surface area contributed by atoms with Gasteiger partial charge in [-0.3, -0.25) is 4.79 Å². The molecule has 0 saturated heterocycles. The predicted molar refractivity (Wildman–Crippen MR) is 153 cm³/mol. The van der Waals surface area contributed by atoms with Crippen molar-refractivity contribution in [3.63, 3.8) is 0 Å². The lowest BCUT2D eigenvalue weighted by atomic mass is 9.67. The van der Waals surface area contributed by atoms with E-state index in [4.69, 9.17) is 14.8 Å². The van der Waals surface area contributed by atoms with Crippen LogP contribution in [0.1, 0.15) is 60.9 Å². The number of carboxylic acids is 1. The third-order valence-corrected chi connectivity index (χ3v) is 8.31. The van der Waals surface area contributed by atoms with Gasteiger partial charge in [0.25, 0.3) is 0 Å². The Kier molecular flexibility index (Phi) is 7.07. The number of benzene rings is 3. The maximum atomic E-state index is 15.2. The number of aliphatic carboxylic acids is 1. The summed E-state index contributed by atoms with van der Waals surface area (Å²) < 4.78 is 36.0. The average Bonchev–Trinajstić information content (AvgIpc) is 3.66. The van der Waals surface area contributed by atoms with Crippen LogP contribution >= 0.6 is 0 Å². The van der Waals surface area contributed by atoms with Crippen LogP contribution in [-0.2, 0) is 16.6 Å². The highest BCUT2D eigenvalue weighted by Gasteiger charge is 2.38. The van der Waals surface area contributed by atoms with E-state index in [0.29, 0.717) is 29.1 Å². The fraction of sp³-hybridized carbons (Fsp3) is 0.273. The molecule has 0 unspecified atom stereocenters. The molecule has 2 aromatic heterocycles. The van der Waals surface area contributed by atoms with Gasteiger partial charge in [-0.15, -0.1) is 0 Å². The quantitative estimate of drug-likeness (QED) is 0.180. The Morgan fingerprint density at radius 2 is 1.85 bits per heavy atom. The Balaban J connectivity index is 1.34. The Morgan fingerprint density at radius 1 is 1.02 bits per heavy atom. The van der Waals surface area contributed by atoms with E-state index < -0.39 is 17.6 Å². The molecule has 5 aromatic rings. The number of carboxylic acid groups (broad SMARTS) is 1. The Morgan fingerprint density at radius 3 is 2.66 bits per heavy atom. The number of imidazole rings is 1. The second-order valence-electron chi connectivity index (χ2n) is 10.9. The second kappa shape index (κ2) is 10.8. The molecule has 0 radical (unpaired) electrons. The number of aryl methyl sites for hydroxylation is 2. The number of carbonyl (C=O) groups is 1. The van der Waals surface area contributed by atoms with E-state index in [-0.39, 0.29) is 23.1 Å². The van der Waals surface area contributed by atoms with Crippen molar-refractivity contribution < 1.29 is 23.4 Å². The molecular weight excluding hydrogens is 524 g/mol. The van der Waals surface area contributed by atoms with Crippen molar-refractivity contribution in [3.05, 3.63) is 101 Å². The standard InChI is InChI=1S/C33H31F2N3O3/c1-20-24-12-15-36-28(24)18-27(35)31(20)41-23-9-10-26(34)25(17-23)32-37-19-29(38-32)33(13-3-2-4-14-33)22-7-5-6-21(16-22)8-11-30(39)40/h5-7,9-10,12,15-19,36H,2-4,8,11,13-14H2,1H3,(H,37,38)(H,39,40). The summed E-state index contributed by atoms with van der Waals surface area (Å²) in [5.74, 6) is -1.03. The van der Waals surface area contributed by atoms with Crippen molar-refractivity contribution in [1.82, 2.24) is 15.0 Å². The highest BCUT2D eigenvalue weighted by molar-refractivity contribution is 5.85. The first kappa shape index (κ1) is 26.7. The summed E-state index contributed by atoms with van der Waals surface area (Å²) in [6.45, 7) is 1.79. The number of nitrogens with one attached hydrogen (secondary N) is 2. The van der Waals surface area contributed by atoms with Gasteiger partial charge >= 0.3 is 5.97 Å². The first-order chi connectivity index (χ1) is 19.8. The molecule has 3 N–H and O–H groups in total. The molecule has 210 valence electrons. The number of aromatic nitrogens is 3. The smallest absolute Gasteiger partial charge is 0.303 e. The van der Waals surface area contributed by atoms with Crippen molar-refractivity contribution in [1.29, 1.82) is 0 Å². The molecule has 0 aliphatic heterocycles. The van der Waals surface area contributed by atoms with Crippen molar-refractivity contribution in [2.45, 2.75) is 57.3 Å². The van der Waals surface area contributed by atoms with E-state index >= 15 is 4.39 Å². The van der Waals surface area contributed by atoms with Crippen LogP contribution in [0.4, 0.5) is 8.78 Å². The van der Waals surface area contributed by atoms with Gasteiger partial charge in [-0.2, -0.15) is 0 Å². The van der Waals surface area contributed by atoms with Gasteiger partial charge in [0.1, 0.15) is 17.4 Å². The number of hydrogen-bond acceptors (Lipinski definition) is 3. The lowest BCUT2D eigenvalue weighted by Gasteiger charge is -2.37. The zero-order valence-corrected chi connectivity index (χ0v) is 22.8. The number of H-pyrrole nitrogens is 2. The highest BCUT2D eigenvalue weighted by Crippen LogP contribution is 2.45. The molecule has 1 saturated carbocycles. The molecule has 0 amide bonds. The molecule has 6 rings (SSSR count). The monoisotopic (exact) mass is 555 g/mol. The summed E-state index contributed by atoms with van der Waals surface area (Å²) >= 11 is 0. The lowest BCUT2D eigenvalue weighted by Crippen LogP contribution is -2.31. The number of hydrogen-bond donors (Lipinski definition) is 3. The maximum absolute atomic E-state index is 15.2. The zero-order chi connectivity index (χ0) is 28.6. The summed E-state index contributed by atoms with van der Waals surface area (Å²) in [4.78, 5) is 22.2. The zero-order valence-electron chi connectivity index (χ0n) is 22.8. The topological polar surface area (TPSA) is 91.0 Å². The number of ether oxygens (including phenoxy) is 1. The van der Waals surface area contributed by atoms with E-state index in [1.54, 1.807) is 13.1 Å². The molecule has 41 heavy (non-hydrogen) atoms. The summed E-state index contributed by atoms with van der Waals surface area (Å²) in [6.07, 6.45) is 9.12. The highest BCUT2D eigenvalue weighted by atomic mass is 19.1. The van der Waals surface area contributed by atoms with Crippen molar-refractivity contribution in [2.75, 3.05) is 0 Å². The minimum atomic E-state index is -0.823. The number of halogens is 2. The van der Waals surface area contributed by atoms with Crippen LogP contribution in [0.2, 0.25) is 0 Å². The molecule has 0 atom stereocenters. The van der Waals surface area contributed by atoms with Gasteiger partial charge in [-0.25, -0.2) is 13.8 Å². The fourth-order valence-electron chi connectivity index (χ4n) is 6.14. The number of rotatable bonds is 8. The Hall–Kier alpha value is -4.46. The fourth-order valence-corrected chi connectivity index (χ4v) is 6.14. The summed E-state index contributed by atoms with van der Waals surface area (Å²) in [5, 5.41) is 9.99. The van der Waals surface area contributed by atoms with Gasteiger partial charge in [0.15, 0.2) is 11.6 Å². The largest absolute Gasteiger partial charge is 0.481 e. The molecule has 0 bridgehead atoms. The first-order valence-electron chi connectivity index (χ1n) is 14.0. The van der Waals surface area contributed by atoms with E-state index in [1.807, 2.05) is 24.4 Å². The van der Waals surface area contributed by atoms with Crippen LogP contribution < -0.4 is 4.74 Å². The maximum Gasteiger partial charge on any atom is 0.303 e. The average molecular weight is 556 g/mol. The minimum absolute atomic E-state index is 0.0726. The molecule has 6 nitrogen and oxygen atoms in total. The van der Waals surface area contributed by atoms with Gasteiger partial charge in [-0.1, -0.05) is 43.5 Å². The SMILES string of the molecule is Cc1c(Oc2ccc(F)c(-c3nc(C4(c5cccc(CCC(=O)O)c5)CCCCC4)c[nH]3)c2)c(F)cc2[nH]ccc12. The van der Waals surface area contributed by atoms with E-state index in [0.717, 1.165) is 54.3 Å². The first-order valence-corrected chi connectivity index (χ1v) is 14.0. The molecule has 1 aliphatic carbocycles. The van der Waals surface area contributed by atoms with Crippen LogP contribution in [0.25, 0.3) is 22.3 Å². The summed E-state index contributed by atoms with van der Waals surface area (Å²) in [6, 6.07) is 15.7. The van der Waals surface area contributed by atoms with E-state index in [2.05, 4.69) is 22.1 Å². The minimum Gasteiger partial charge on any atom is -0.481 e. The number of aromatic amines is 2. The van der Waals surface area contributed by atoms with Crippen LogP contribution in [0.3, 0.4) is 0 Å². The number of fused-ring (bicyclic) bond motifs is 1. The van der Waals surface area contributed by atoms with Gasteiger partial charge < -0.3 is 19.8 Å². The Bertz CT molecular complexity index is 1730. The molecule has 8 heteroatoms. The van der Waals surface area contributed by atoms with Crippen LogP contribution in [0.5, 0.6) is 11.5 Å². The third-order valence-electron chi connectivity index (χ3n) is 8.31. The van der Waals surface area contributed by atoms with E-state index in [9.17, 15) is 9.18 Å². The third kappa shape index (κ3) is 5.10. The van der Waals surface area contributed by atoms with Gasteiger partial charge in [0.05, 0.1) is 11.3 Å². The molecule has 1 aliphatic rings. The predicted octanol–water partition coefficient (Wildman–Crippen LogP) is 8.20. The van der Waals surface area contributed by atoms with Crippen molar-refractivity contribution in [3.8, 4) is 22.9 Å². The normalized spacial score (nSPS) is 14.8. The van der Waals surface area contributed by atoms with Gasteiger partial charge in [0, 0.05) is 46.8 Å². The summed E-state index contributed by atoms with van der Waals surface area (Å²) in [7, 11) is 0. The van der Waals surface area contributed by atoms with Gasteiger partial charge in [0.2, 0.25) is 0 Å². The van der Waals surface area contributed by atoms with Gasteiger partial charge in [-0.05, 0) is 61.6 Å². The molecule has 3 aromatic carbocycles. The molecule has 1 fully saturated rings. The molecule has 2 heterocycles.